The van der Waals surface area contributed by atoms with Gasteiger partial charge in [0.15, 0.2) is 0 Å². The summed E-state index contributed by atoms with van der Waals surface area (Å²) in [5, 5.41) is 26.2. The van der Waals surface area contributed by atoms with Crippen molar-refractivity contribution in [3.8, 4) is 16.9 Å². The molecule has 226 valence electrons. The normalized spacial score (nSPS) is 26.6. The van der Waals surface area contributed by atoms with Crippen LogP contribution in [0.5, 0.6) is 5.75 Å². The van der Waals surface area contributed by atoms with Gasteiger partial charge >= 0.3 is 0 Å². The number of hydrogen-bond donors (Lipinski definition) is 4. The minimum absolute atomic E-state index is 0.0326. The van der Waals surface area contributed by atoms with Gasteiger partial charge in [-0.25, -0.2) is 9.97 Å². The number of fused-ring (bicyclic) bond motifs is 5. The second-order valence-corrected chi connectivity index (χ2v) is 11.5. The van der Waals surface area contributed by atoms with E-state index in [0.29, 0.717) is 56.7 Å². The number of benzene rings is 2. The van der Waals surface area contributed by atoms with Crippen molar-refractivity contribution in [2.24, 2.45) is 0 Å². The van der Waals surface area contributed by atoms with Crippen molar-refractivity contribution in [2.75, 3.05) is 19.7 Å². The number of amides is 2. The van der Waals surface area contributed by atoms with Crippen LogP contribution in [-0.2, 0) is 22.7 Å². The van der Waals surface area contributed by atoms with Gasteiger partial charge in [-0.15, -0.1) is 0 Å². The average molecular weight is 588 g/mol. The van der Waals surface area contributed by atoms with E-state index in [-0.39, 0.29) is 37.1 Å². The Morgan fingerprint density at radius 2 is 1.77 bits per heavy atom. The highest BCUT2D eigenvalue weighted by Crippen LogP contribution is 2.30. The van der Waals surface area contributed by atoms with Gasteiger partial charge in [0.25, 0.3) is 5.91 Å². The predicted octanol–water partition coefficient (Wildman–Crippen LogP) is 1.82. The number of hydrogen-bond acceptors (Lipinski definition) is 9. The highest BCUT2D eigenvalue weighted by molar-refractivity contribution is 5.98. The first-order valence-corrected chi connectivity index (χ1v) is 14.8. The molecule has 2 fully saturated rings. The number of carbonyl (C=O) groups excluding carboxylic acids is 2. The summed E-state index contributed by atoms with van der Waals surface area (Å²) in [7, 11) is 0. The molecule has 1 aromatic heterocycles. The Bertz CT molecular complexity index is 1420. The zero-order valence-corrected chi connectivity index (χ0v) is 23.9. The van der Waals surface area contributed by atoms with Crippen LogP contribution in [0.1, 0.15) is 47.2 Å². The molecule has 0 aliphatic carbocycles. The molecule has 2 aromatic carbocycles. The van der Waals surface area contributed by atoms with Crippen molar-refractivity contribution < 1.29 is 29.3 Å². The summed E-state index contributed by atoms with van der Waals surface area (Å²) < 4.78 is 12.4. The van der Waals surface area contributed by atoms with E-state index in [0.717, 1.165) is 22.3 Å². The lowest BCUT2D eigenvalue weighted by Gasteiger charge is -2.34. The summed E-state index contributed by atoms with van der Waals surface area (Å²) in [5.74, 6) is 0.0286. The third-order valence-corrected chi connectivity index (χ3v) is 8.49. The number of likely N-dealkylation sites (tertiary alicyclic amines) is 1. The molecule has 4 bridgehead atoms. The van der Waals surface area contributed by atoms with Gasteiger partial charge in [0, 0.05) is 50.1 Å². The summed E-state index contributed by atoms with van der Waals surface area (Å²) in [5.41, 5.74) is 3.92. The van der Waals surface area contributed by atoms with E-state index in [1.165, 1.54) is 6.33 Å². The fourth-order valence-corrected chi connectivity index (χ4v) is 6.14. The highest BCUT2D eigenvalue weighted by Gasteiger charge is 2.39. The van der Waals surface area contributed by atoms with Crippen molar-refractivity contribution in [3.05, 3.63) is 77.9 Å². The van der Waals surface area contributed by atoms with E-state index in [9.17, 15) is 19.8 Å². The Kier molecular flexibility index (Phi) is 8.94. The number of ether oxygens (including phenoxy) is 2. The number of nitrogens with zero attached hydrogens (tertiary/aromatic N) is 3. The highest BCUT2D eigenvalue weighted by atomic mass is 16.5. The Balaban J connectivity index is 1.29. The standard InChI is InChI=1S/C32H37N5O6/c38-18-20-1-3-22(4-2-20)23-5-7-26-29(11-23)42-10-9-25-6-8-28(39)30(43-25)15-35-32(41)27-12-24(36-31(26)40)17-37(27)16-21-13-33-19-34-14-21/h1-5,7,11,13-14,19,24-25,27-28,30,38-39H,6,8-10,12,15-18H2,(H,35,41)(H,36,40)/t24-,25-,27-,28-,30+/m0/s1. The van der Waals surface area contributed by atoms with Crippen LogP contribution in [0, 0.1) is 0 Å². The van der Waals surface area contributed by atoms with Crippen molar-refractivity contribution >= 4 is 11.8 Å². The van der Waals surface area contributed by atoms with Crippen LogP contribution in [0.3, 0.4) is 0 Å². The van der Waals surface area contributed by atoms with Gasteiger partial charge < -0.3 is 30.3 Å². The molecule has 4 N–H and O–H groups in total. The van der Waals surface area contributed by atoms with Crippen molar-refractivity contribution in [1.29, 1.82) is 0 Å². The molecule has 0 unspecified atom stereocenters. The van der Waals surface area contributed by atoms with Gasteiger partial charge in [0.2, 0.25) is 5.91 Å². The number of aromatic nitrogens is 2. The Morgan fingerprint density at radius 3 is 2.56 bits per heavy atom. The number of aliphatic hydroxyl groups excluding tert-OH is 2. The summed E-state index contributed by atoms with van der Waals surface area (Å²) in [6, 6.07) is 12.3. The molecule has 6 rings (SSSR count). The summed E-state index contributed by atoms with van der Waals surface area (Å²) >= 11 is 0. The number of carbonyl (C=O) groups is 2. The van der Waals surface area contributed by atoms with Crippen molar-refractivity contribution in [2.45, 2.75) is 69.2 Å². The lowest BCUT2D eigenvalue weighted by atomic mass is 9.99. The van der Waals surface area contributed by atoms with E-state index < -0.39 is 18.2 Å². The molecule has 3 aromatic rings. The van der Waals surface area contributed by atoms with Gasteiger partial charge in [-0.1, -0.05) is 30.3 Å². The van der Waals surface area contributed by atoms with Gasteiger partial charge in [-0.05, 0) is 48.1 Å². The number of aliphatic hydroxyl groups is 2. The van der Waals surface area contributed by atoms with Crippen LogP contribution in [-0.4, -0.2) is 87.0 Å². The fraction of sp³-hybridized carbons (Fsp3) is 0.438. The smallest absolute Gasteiger partial charge is 0.255 e. The minimum atomic E-state index is -0.662. The van der Waals surface area contributed by atoms with Crippen molar-refractivity contribution in [3.63, 3.8) is 0 Å². The molecule has 2 saturated heterocycles. The monoisotopic (exact) mass is 587 g/mol. The zero-order valence-electron chi connectivity index (χ0n) is 23.9. The van der Waals surface area contributed by atoms with Crippen LogP contribution in [0.15, 0.2) is 61.2 Å². The van der Waals surface area contributed by atoms with Crippen LogP contribution in [0.25, 0.3) is 11.1 Å². The molecule has 43 heavy (non-hydrogen) atoms. The molecule has 3 aliphatic rings. The molecule has 4 heterocycles. The maximum absolute atomic E-state index is 13.7. The van der Waals surface area contributed by atoms with Gasteiger partial charge in [-0.2, -0.15) is 0 Å². The second-order valence-electron chi connectivity index (χ2n) is 11.5. The third kappa shape index (κ3) is 6.86. The van der Waals surface area contributed by atoms with E-state index in [1.807, 2.05) is 41.3 Å². The molecule has 2 amide bonds. The predicted molar refractivity (Wildman–Crippen MR) is 157 cm³/mol. The second kappa shape index (κ2) is 13.2. The lowest BCUT2D eigenvalue weighted by molar-refractivity contribution is -0.133. The van der Waals surface area contributed by atoms with Gasteiger partial charge in [0.1, 0.15) is 18.2 Å². The first kappa shape index (κ1) is 29.2. The van der Waals surface area contributed by atoms with Crippen LogP contribution in [0.4, 0.5) is 0 Å². The number of nitrogens with one attached hydrogen (secondary N) is 2. The summed E-state index contributed by atoms with van der Waals surface area (Å²) in [6.07, 6.45) is 5.84. The minimum Gasteiger partial charge on any atom is -0.493 e. The molecule has 0 radical (unpaired) electrons. The van der Waals surface area contributed by atoms with E-state index in [1.54, 1.807) is 18.5 Å². The first-order valence-electron chi connectivity index (χ1n) is 14.8. The van der Waals surface area contributed by atoms with E-state index in [4.69, 9.17) is 9.47 Å². The van der Waals surface area contributed by atoms with Crippen LogP contribution in [0.2, 0.25) is 0 Å². The molecular formula is C32H37N5O6. The number of rotatable bonds is 4. The zero-order chi connectivity index (χ0) is 29.8. The molecule has 3 aliphatic heterocycles. The average Bonchev–Trinajstić information content (AvgIpc) is 3.42. The first-order chi connectivity index (χ1) is 21.0. The molecule has 11 heteroatoms. The molecule has 0 saturated carbocycles. The Hall–Kier alpha value is -3.90. The SMILES string of the molecule is O=C1N[C@H]2C[C@@H](C(=O)NC[C@H]3O[C@H](CCOc4cc(-c5ccc(CO)cc5)ccc41)CC[C@@H]3O)N(Cc1cncnc1)C2. The van der Waals surface area contributed by atoms with Crippen molar-refractivity contribution in [1.82, 2.24) is 25.5 Å². The maximum atomic E-state index is 13.7. The van der Waals surface area contributed by atoms with Crippen LogP contribution < -0.4 is 15.4 Å². The molecular weight excluding hydrogens is 550 g/mol. The topological polar surface area (TPSA) is 146 Å². The quantitative estimate of drug-likeness (QED) is 0.359. The molecule has 11 nitrogen and oxygen atoms in total. The van der Waals surface area contributed by atoms with E-state index >= 15 is 0 Å². The molecule has 5 atom stereocenters. The largest absolute Gasteiger partial charge is 0.493 e. The van der Waals surface area contributed by atoms with Crippen LogP contribution >= 0.6 is 0 Å². The molecule has 0 spiro atoms. The fourth-order valence-electron chi connectivity index (χ4n) is 6.14. The van der Waals surface area contributed by atoms with Gasteiger partial charge in [-0.3, -0.25) is 14.5 Å². The van der Waals surface area contributed by atoms with E-state index in [2.05, 4.69) is 20.6 Å². The Morgan fingerprint density at radius 1 is 0.977 bits per heavy atom. The van der Waals surface area contributed by atoms with Gasteiger partial charge in [0.05, 0.1) is 37.0 Å². The third-order valence-electron chi connectivity index (χ3n) is 8.49. The summed E-state index contributed by atoms with van der Waals surface area (Å²) in [4.78, 5) is 37.3. The lowest BCUT2D eigenvalue weighted by Crippen LogP contribution is -2.50. The maximum Gasteiger partial charge on any atom is 0.255 e. The Labute approximate surface area is 250 Å². The summed E-state index contributed by atoms with van der Waals surface area (Å²) in [6.45, 7) is 1.41.